The Hall–Kier alpha value is -2.54. The molecule has 2 heterocycles. The summed E-state index contributed by atoms with van der Waals surface area (Å²) in [5, 5.41) is 11.7. The van der Waals surface area contributed by atoms with E-state index in [0.29, 0.717) is 5.16 Å². The lowest BCUT2D eigenvalue weighted by atomic mass is 10.2. The SMILES string of the molecule is Cc1ccc(NC(=O)[C@H](C)Sc2nnc(-c3ccoc3C)n2C)cc1. The Bertz CT molecular complexity index is 883. The molecule has 1 N–H and O–H groups in total. The highest BCUT2D eigenvalue weighted by atomic mass is 32.2. The topological polar surface area (TPSA) is 73.0 Å². The summed E-state index contributed by atoms with van der Waals surface area (Å²) in [4.78, 5) is 12.4. The van der Waals surface area contributed by atoms with Crippen LogP contribution in [0.3, 0.4) is 0 Å². The third kappa shape index (κ3) is 3.76. The summed E-state index contributed by atoms with van der Waals surface area (Å²) in [5.74, 6) is 1.44. The van der Waals surface area contributed by atoms with Crippen molar-refractivity contribution in [1.29, 1.82) is 0 Å². The molecule has 2 aromatic heterocycles. The predicted molar refractivity (Wildman–Crippen MR) is 98.6 cm³/mol. The number of anilines is 1. The Morgan fingerprint density at radius 2 is 1.92 bits per heavy atom. The second-order valence-corrected chi connectivity index (χ2v) is 7.18. The monoisotopic (exact) mass is 356 g/mol. The quantitative estimate of drug-likeness (QED) is 0.704. The van der Waals surface area contributed by atoms with Gasteiger partial charge < -0.3 is 14.3 Å². The zero-order valence-corrected chi connectivity index (χ0v) is 15.4. The molecular weight excluding hydrogens is 336 g/mol. The normalized spacial score (nSPS) is 12.2. The van der Waals surface area contributed by atoms with Crippen LogP contribution in [0.1, 0.15) is 18.2 Å². The van der Waals surface area contributed by atoms with Gasteiger partial charge in [-0.1, -0.05) is 29.5 Å². The summed E-state index contributed by atoms with van der Waals surface area (Å²) < 4.78 is 7.20. The average Bonchev–Trinajstić information content (AvgIpc) is 3.16. The Labute approximate surface area is 150 Å². The molecule has 0 spiro atoms. The van der Waals surface area contributed by atoms with Crippen molar-refractivity contribution in [1.82, 2.24) is 14.8 Å². The number of amides is 1. The molecule has 0 radical (unpaired) electrons. The maximum atomic E-state index is 12.4. The lowest BCUT2D eigenvalue weighted by molar-refractivity contribution is -0.115. The van der Waals surface area contributed by atoms with Crippen molar-refractivity contribution in [2.24, 2.45) is 7.05 Å². The minimum atomic E-state index is -0.303. The van der Waals surface area contributed by atoms with Gasteiger partial charge in [0.15, 0.2) is 11.0 Å². The molecule has 3 rings (SSSR count). The number of carbonyl (C=O) groups is 1. The second kappa shape index (κ2) is 7.14. The van der Waals surface area contributed by atoms with Crippen LogP contribution in [-0.4, -0.2) is 25.9 Å². The largest absolute Gasteiger partial charge is 0.469 e. The molecule has 25 heavy (non-hydrogen) atoms. The van der Waals surface area contributed by atoms with Crippen molar-refractivity contribution >= 4 is 23.4 Å². The first-order valence-corrected chi connectivity index (χ1v) is 8.81. The molecule has 1 amide bonds. The summed E-state index contributed by atoms with van der Waals surface area (Å²) in [6, 6.07) is 9.59. The van der Waals surface area contributed by atoms with Gasteiger partial charge >= 0.3 is 0 Å². The number of benzene rings is 1. The molecule has 0 fully saturated rings. The maximum absolute atomic E-state index is 12.4. The van der Waals surface area contributed by atoms with Crippen LogP contribution in [-0.2, 0) is 11.8 Å². The number of aromatic nitrogens is 3. The molecule has 7 heteroatoms. The highest BCUT2D eigenvalue weighted by Crippen LogP contribution is 2.28. The van der Waals surface area contributed by atoms with Gasteiger partial charge in [-0.3, -0.25) is 4.79 Å². The van der Waals surface area contributed by atoms with Gasteiger partial charge in [0.25, 0.3) is 0 Å². The second-order valence-electron chi connectivity index (χ2n) is 5.87. The number of thioether (sulfide) groups is 1. The van der Waals surface area contributed by atoms with Gasteiger partial charge in [0.1, 0.15) is 5.76 Å². The molecule has 0 bridgehead atoms. The highest BCUT2D eigenvalue weighted by Gasteiger charge is 2.20. The van der Waals surface area contributed by atoms with Gasteiger partial charge in [0.2, 0.25) is 5.91 Å². The molecule has 130 valence electrons. The molecule has 0 aliphatic carbocycles. The van der Waals surface area contributed by atoms with E-state index >= 15 is 0 Å². The van der Waals surface area contributed by atoms with E-state index in [1.165, 1.54) is 11.8 Å². The van der Waals surface area contributed by atoms with Crippen LogP contribution in [0.15, 0.2) is 46.2 Å². The van der Waals surface area contributed by atoms with Crippen molar-refractivity contribution in [3.05, 3.63) is 47.9 Å². The van der Waals surface area contributed by atoms with Crippen LogP contribution < -0.4 is 5.32 Å². The highest BCUT2D eigenvalue weighted by molar-refractivity contribution is 8.00. The molecule has 0 aliphatic heterocycles. The molecule has 6 nitrogen and oxygen atoms in total. The van der Waals surface area contributed by atoms with Crippen molar-refractivity contribution in [2.75, 3.05) is 5.32 Å². The van der Waals surface area contributed by atoms with E-state index < -0.39 is 0 Å². The van der Waals surface area contributed by atoms with Crippen molar-refractivity contribution in [3.63, 3.8) is 0 Å². The number of carbonyl (C=O) groups excluding carboxylic acids is 1. The van der Waals surface area contributed by atoms with Gasteiger partial charge in [-0.15, -0.1) is 10.2 Å². The number of rotatable bonds is 5. The lowest BCUT2D eigenvalue weighted by Crippen LogP contribution is -2.22. The Morgan fingerprint density at radius 3 is 2.56 bits per heavy atom. The lowest BCUT2D eigenvalue weighted by Gasteiger charge is -2.11. The summed E-state index contributed by atoms with van der Waals surface area (Å²) >= 11 is 1.37. The molecule has 1 atom stereocenters. The minimum Gasteiger partial charge on any atom is -0.469 e. The Morgan fingerprint density at radius 1 is 1.20 bits per heavy atom. The average molecular weight is 356 g/mol. The van der Waals surface area contributed by atoms with E-state index in [9.17, 15) is 4.79 Å². The fourth-order valence-electron chi connectivity index (χ4n) is 2.36. The van der Waals surface area contributed by atoms with Crippen molar-refractivity contribution in [2.45, 2.75) is 31.2 Å². The number of hydrogen-bond acceptors (Lipinski definition) is 5. The van der Waals surface area contributed by atoms with E-state index in [1.54, 1.807) is 6.26 Å². The van der Waals surface area contributed by atoms with Crippen LogP contribution in [0.25, 0.3) is 11.4 Å². The molecule has 1 aromatic carbocycles. The summed E-state index contributed by atoms with van der Waals surface area (Å²) in [5.41, 5.74) is 2.84. The van der Waals surface area contributed by atoms with Gasteiger partial charge in [-0.25, -0.2) is 0 Å². The van der Waals surface area contributed by atoms with E-state index in [0.717, 1.165) is 28.4 Å². The zero-order valence-electron chi connectivity index (χ0n) is 14.6. The zero-order chi connectivity index (χ0) is 18.0. The standard InChI is InChI=1S/C18H20N4O2S/c1-11-5-7-14(8-6-11)19-17(23)13(3)25-18-21-20-16(22(18)4)15-9-10-24-12(15)2/h5-10,13H,1-4H3,(H,19,23)/t13-/m0/s1. The molecule has 3 aromatic rings. The summed E-state index contributed by atoms with van der Waals surface area (Å²) in [6.45, 7) is 5.75. The Balaban J connectivity index is 1.69. The minimum absolute atomic E-state index is 0.0714. The predicted octanol–water partition coefficient (Wildman–Crippen LogP) is 3.81. The first-order valence-electron chi connectivity index (χ1n) is 7.93. The summed E-state index contributed by atoms with van der Waals surface area (Å²) in [6.07, 6.45) is 1.63. The van der Waals surface area contributed by atoms with Crippen LogP contribution in [0.5, 0.6) is 0 Å². The molecular formula is C18H20N4O2S. The molecule has 0 aliphatic rings. The van der Waals surface area contributed by atoms with Crippen LogP contribution >= 0.6 is 11.8 Å². The number of aryl methyl sites for hydroxylation is 2. The number of nitrogens with one attached hydrogen (secondary N) is 1. The van der Waals surface area contributed by atoms with Crippen molar-refractivity contribution in [3.8, 4) is 11.4 Å². The van der Waals surface area contributed by atoms with E-state index in [-0.39, 0.29) is 11.2 Å². The van der Waals surface area contributed by atoms with Gasteiger partial charge in [0, 0.05) is 12.7 Å². The molecule has 0 saturated heterocycles. The smallest absolute Gasteiger partial charge is 0.237 e. The van der Waals surface area contributed by atoms with Gasteiger partial charge in [-0.2, -0.15) is 0 Å². The van der Waals surface area contributed by atoms with Gasteiger partial charge in [0.05, 0.1) is 17.1 Å². The van der Waals surface area contributed by atoms with Crippen molar-refractivity contribution < 1.29 is 9.21 Å². The first kappa shape index (κ1) is 17.3. The number of nitrogens with zero attached hydrogens (tertiary/aromatic N) is 3. The maximum Gasteiger partial charge on any atom is 0.237 e. The number of hydrogen-bond donors (Lipinski definition) is 1. The van der Waals surface area contributed by atoms with E-state index in [1.807, 2.05) is 62.7 Å². The fourth-order valence-corrected chi connectivity index (χ4v) is 3.18. The van der Waals surface area contributed by atoms with Crippen LogP contribution in [0.2, 0.25) is 0 Å². The summed E-state index contributed by atoms with van der Waals surface area (Å²) in [7, 11) is 1.88. The first-order chi connectivity index (χ1) is 12.0. The van der Waals surface area contributed by atoms with Gasteiger partial charge in [-0.05, 0) is 39.0 Å². The van der Waals surface area contributed by atoms with Crippen LogP contribution in [0, 0.1) is 13.8 Å². The number of furan rings is 1. The van der Waals surface area contributed by atoms with E-state index in [2.05, 4.69) is 15.5 Å². The molecule has 0 saturated carbocycles. The fraction of sp³-hybridized carbons (Fsp3) is 0.278. The van der Waals surface area contributed by atoms with E-state index in [4.69, 9.17) is 4.42 Å². The third-order valence-corrected chi connectivity index (χ3v) is 5.04. The third-order valence-electron chi connectivity index (χ3n) is 3.91. The molecule has 0 unspecified atom stereocenters. The Kier molecular flexibility index (Phi) is 4.94. The van der Waals surface area contributed by atoms with Crippen LogP contribution in [0.4, 0.5) is 5.69 Å².